The largest absolute Gasteiger partial charge is 0.488 e. The molecule has 2 N–H and O–H groups in total. The first-order valence-corrected chi connectivity index (χ1v) is 3.40. The molecular weight excluding hydrogens is 188 g/mol. The number of hydrogen-bond acceptors (Lipinski definition) is 2. The quantitative estimate of drug-likeness (QED) is 0.496. The van der Waals surface area contributed by atoms with Crippen LogP contribution in [0.15, 0.2) is 12.1 Å². The van der Waals surface area contributed by atoms with Crippen molar-refractivity contribution in [2.45, 2.75) is 0 Å². The van der Waals surface area contributed by atoms with Crippen molar-refractivity contribution in [2.75, 3.05) is 0 Å². The third kappa shape index (κ3) is 1.74. The highest BCUT2D eigenvalue weighted by Crippen LogP contribution is 2.16. The lowest BCUT2D eigenvalue weighted by atomic mass is 9.80. The summed E-state index contributed by atoms with van der Waals surface area (Å²) in [4.78, 5) is 0. The van der Waals surface area contributed by atoms with Gasteiger partial charge >= 0.3 is 7.12 Å². The molecule has 0 amide bonds. The molecule has 0 aliphatic heterocycles. The molecule has 0 saturated heterocycles. The molecule has 0 radical (unpaired) electrons. The fraction of sp³-hybridized carbons (Fsp3) is 0. The normalized spacial score (nSPS) is 10.1. The van der Waals surface area contributed by atoms with Crippen LogP contribution in [0.3, 0.4) is 0 Å². The molecule has 1 aromatic carbocycles. The third-order valence-corrected chi connectivity index (χ3v) is 1.67. The fourth-order valence-electron chi connectivity index (χ4n) is 0.724. The number of hydrogen-bond donors (Lipinski definition) is 2. The molecule has 2 nitrogen and oxygen atoms in total. The maximum atomic E-state index is 12.6. The molecule has 0 aromatic heterocycles. The second-order valence-electron chi connectivity index (χ2n) is 2.17. The zero-order valence-corrected chi connectivity index (χ0v) is 6.52. The third-order valence-electron chi connectivity index (χ3n) is 1.30. The van der Waals surface area contributed by atoms with Crippen molar-refractivity contribution in [1.29, 1.82) is 0 Å². The summed E-state index contributed by atoms with van der Waals surface area (Å²) in [6.07, 6.45) is 0. The summed E-state index contributed by atoms with van der Waals surface area (Å²) in [5, 5.41) is 16.4. The second-order valence-corrected chi connectivity index (χ2v) is 2.55. The Labute approximate surface area is 72.5 Å². The highest BCUT2D eigenvalue weighted by atomic mass is 35.5. The minimum absolute atomic E-state index is 0.269. The van der Waals surface area contributed by atoms with Gasteiger partial charge in [0.05, 0.1) is 0 Å². The van der Waals surface area contributed by atoms with Crippen LogP contribution in [-0.2, 0) is 0 Å². The highest BCUT2D eigenvalue weighted by Gasteiger charge is 2.16. The first kappa shape index (κ1) is 9.44. The Bertz CT molecular complexity index is 283. The first-order valence-electron chi connectivity index (χ1n) is 3.03. The maximum absolute atomic E-state index is 12.6. The van der Waals surface area contributed by atoms with Crippen LogP contribution < -0.4 is 5.46 Å². The van der Waals surface area contributed by atoms with E-state index in [0.29, 0.717) is 0 Å². The van der Waals surface area contributed by atoms with Crippen LogP contribution >= 0.6 is 11.6 Å². The van der Waals surface area contributed by atoms with Crippen LogP contribution in [0.4, 0.5) is 8.78 Å². The summed E-state index contributed by atoms with van der Waals surface area (Å²) in [7, 11) is -1.90. The van der Waals surface area contributed by atoms with E-state index >= 15 is 0 Å². The summed E-state index contributed by atoms with van der Waals surface area (Å²) >= 11 is 5.14. The molecule has 0 unspecified atom stereocenters. The summed E-state index contributed by atoms with van der Waals surface area (Å²) < 4.78 is 25.2. The average molecular weight is 192 g/mol. The average Bonchev–Trinajstić information content (AvgIpc) is 1.99. The van der Waals surface area contributed by atoms with Crippen LogP contribution in [0.1, 0.15) is 0 Å². The molecule has 0 atom stereocenters. The SMILES string of the molecule is OB(O)c1cc(F)c(Cl)c(F)c1. The van der Waals surface area contributed by atoms with E-state index in [2.05, 4.69) is 0 Å². The van der Waals surface area contributed by atoms with Crippen molar-refractivity contribution < 1.29 is 18.8 Å². The number of rotatable bonds is 1. The van der Waals surface area contributed by atoms with Crippen molar-refractivity contribution in [3.05, 3.63) is 28.8 Å². The summed E-state index contributed by atoms with van der Waals surface area (Å²) in [6.45, 7) is 0. The Balaban J connectivity index is 3.21. The van der Waals surface area contributed by atoms with Crippen LogP contribution in [-0.4, -0.2) is 17.2 Å². The zero-order valence-electron chi connectivity index (χ0n) is 5.76. The lowest BCUT2D eigenvalue weighted by molar-refractivity contribution is 0.425. The van der Waals surface area contributed by atoms with Crippen molar-refractivity contribution in [3.63, 3.8) is 0 Å². The zero-order chi connectivity index (χ0) is 9.30. The van der Waals surface area contributed by atoms with Crippen LogP contribution in [0.5, 0.6) is 0 Å². The molecule has 1 rings (SSSR count). The van der Waals surface area contributed by atoms with E-state index in [0.717, 1.165) is 12.1 Å². The molecule has 0 bridgehead atoms. The lowest BCUT2D eigenvalue weighted by Crippen LogP contribution is -2.30. The maximum Gasteiger partial charge on any atom is 0.488 e. The van der Waals surface area contributed by atoms with Gasteiger partial charge in [-0.2, -0.15) is 0 Å². The molecule has 0 aliphatic carbocycles. The molecule has 64 valence electrons. The van der Waals surface area contributed by atoms with Gasteiger partial charge in [0.15, 0.2) is 0 Å². The lowest BCUT2D eigenvalue weighted by Gasteiger charge is -2.01. The molecule has 1 aromatic rings. The van der Waals surface area contributed by atoms with Crippen molar-refractivity contribution in [2.24, 2.45) is 0 Å². The van der Waals surface area contributed by atoms with Gasteiger partial charge in [-0.15, -0.1) is 0 Å². The Morgan fingerprint density at radius 3 is 1.92 bits per heavy atom. The molecule has 6 heteroatoms. The van der Waals surface area contributed by atoms with E-state index < -0.39 is 23.8 Å². The molecular formula is C6H4BClF2O2. The molecule has 0 saturated carbocycles. The van der Waals surface area contributed by atoms with Gasteiger partial charge in [-0.3, -0.25) is 0 Å². The van der Waals surface area contributed by atoms with E-state index in [-0.39, 0.29) is 5.46 Å². The number of halogens is 3. The monoisotopic (exact) mass is 192 g/mol. The van der Waals surface area contributed by atoms with Gasteiger partial charge in [0.25, 0.3) is 0 Å². The molecule has 0 spiro atoms. The standard InChI is InChI=1S/C6H4BClF2O2/c8-6-4(9)1-3(7(11)12)2-5(6)10/h1-2,11-12H. The van der Waals surface area contributed by atoms with Gasteiger partial charge in [0, 0.05) is 0 Å². The van der Waals surface area contributed by atoms with Crippen molar-refractivity contribution in [3.8, 4) is 0 Å². The Morgan fingerprint density at radius 1 is 1.17 bits per heavy atom. The Morgan fingerprint density at radius 2 is 1.58 bits per heavy atom. The van der Waals surface area contributed by atoms with E-state index in [4.69, 9.17) is 21.6 Å². The smallest absolute Gasteiger partial charge is 0.423 e. The van der Waals surface area contributed by atoms with Crippen LogP contribution in [0, 0.1) is 11.6 Å². The second kappa shape index (κ2) is 3.39. The summed E-state index contributed by atoms with van der Waals surface area (Å²) in [5.74, 6) is -2.03. The molecule has 0 fully saturated rings. The van der Waals surface area contributed by atoms with Crippen LogP contribution in [0.2, 0.25) is 5.02 Å². The van der Waals surface area contributed by atoms with E-state index in [1.54, 1.807) is 0 Å². The number of benzene rings is 1. The van der Waals surface area contributed by atoms with Crippen LogP contribution in [0.25, 0.3) is 0 Å². The predicted molar refractivity (Wildman–Crippen MR) is 41.2 cm³/mol. The van der Waals surface area contributed by atoms with E-state index in [1.165, 1.54) is 0 Å². The highest BCUT2D eigenvalue weighted by molar-refractivity contribution is 6.58. The van der Waals surface area contributed by atoms with Gasteiger partial charge in [-0.05, 0) is 17.6 Å². The fourth-order valence-corrected chi connectivity index (χ4v) is 0.833. The Hall–Kier alpha value is -0.645. The molecule has 0 aliphatic rings. The summed E-state index contributed by atoms with van der Waals surface area (Å²) in [5.41, 5.74) is -0.269. The van der Waals surface area contributed by atoms with Gasteiger partial charge in [0.1, 0.15) is 16.7 Å². The van der Waals surface area contributed by atoms with E-state index in [9.17, 15) is 8.78 Å². The first-order chi connectivity index (χ1) is 5.52. The molecule has 12 heavy (non-hydrogen) atoms. The Kier molecular flexibility index (Phi) is 2.67. The minimum Gasteiger partial charge on any atom is -0.423 e. The topological polar surface area (TPSA) is 40.5 Å². The minimum atomic E-state index is -1.90. The van der Waals surface area contributed by atoms with E-state index in [1.807, 2.05) is 0 Å². The van der Waals surface area contributed by atoms with Gasteiger partial charge in [-0.1, -0.05) is 11.6 Å². The summed E-state index contributed by atoms with van der Waals surface area (Å²) in [6, 6.07) is 1.52. The van der Waals surface area contributed by atoms with Crippen molar-refractivity contribution >= 4 is 24.2 Å². The van der Waals surface area contributed by atoms with Gasteiger partial charge < -0.3 is 10.0 Å². The molecule has 0 heterocycles. The van der Waals surface area contributed by atoms with Gasteiger partial charge in [-0.25, -0.2) is 8.78 Å². The van der Waals surface area contributed by atoms with Crippen molar-refractivity contribution in [1.82, 2.24) is 0 Å². The van der Waals surface area contributed by atoms with Gasteiger partial charge in [0.2, 0.25) is 0 Å². The predicted octanol–water partition coefficient (Wildman–Crippen LogP) is 0.298.